The zero-order valence-electron chi connectivity index (χ0n) is 13.3. The molecular formula is C14H23N3O5S. The summed E-state index contributed by atoms with van der Waals surface area (Å²) in [5, 5.41) is 5.13. The standard InChI is InChI=1S/C14H23N3O5S/c1-11-9-17(10-12(2)22-11)23(19,20)7-5-15-14(18)16-8-13-4-3-6-21-13/h3-4,6,11-12H,5,7-10H2,1-2H3,(H2,15,16,18)/t11-,12-/m1/s1. The highest BCUT2D eigenvalue weighted by Crippen LogP contribution is 2.14. The maximum atomic E-state index is 12.3. The first kappa shape index (κ1) is 17.8. The highest BCUT2D eigenvalue weighted by molar-refractivity contribution is 7.89. The van der Waals surface area contributed by atoms with E-state index in [0.717, 1.165) is 0 Å². The van der Waals surface area contributed by atoms with Crippen molar-refractivity contribution >= 4 is 16.1 Å². The number of rotatable bonds is 6. The van der Waals surface area contributed by atoms with Crippen molar-refractivity contribution in [1.82, 2.24) is 14.9 Å². The molecule has 0 spiro atoms. The topological polar surface area (TPSA) is 101 Å². The summed E-state index contributed by atoms with van der Waals surface area (Å²) in [7, 11) is -3.41. The second-order valence-corrected chi connectivity index (χ2v) is 7.67. The largest absolute Gasteiger partial charge is 0.467 e. The Hall–Kier alpha value is -1.58. The number of hydrogen-bond donors (Lipinski definition) is 2. The number of nitrogens with one attached hydrogen (secondary N) is 2. The minimum Gasteiger partial charge on any atom is -0.467 e. The number of nitrogens with zero attached hydrogens (tertiary/aromatic N) is 1. The summed E-state index contributed by atoms with van der Waals surface area (Å²) in [4.78, 5) is 11.6. The Bertz CT molecular complexity index is 592. The van der Waals surface area contributed by atoms with Crippen molar-refractivity contribution in [3.8, 4) is 0 Å². The zero-order chi connectivity index (χ0) is 16.9. The maximum absolute atomic E-state index is 12.3. The number of sulfonamides is 1. The lowest BCUT2D eigenvalue weighted by Gasteiger charge is -2.34. The lowest BCUT2D eigenvalue weighted by atomic mass is 10.3. The van der Waals surface area contributed by atoms with Gasteiger partial charge >= 0.3 is 6.03 Å². The molecule has 0 radical (unpaired) electrons. The van der Waals surface area contributed by atoms with Crippen molar-refractivity contribution in [2.45, 2.75) is 32.6 Å². The van der Waals surface area contributed by atoms with Crippen molar-refractivity contribution in [3.05, 3.63) is 24.2 Å². The predicted molar refractivity (Wildman–Crippen MR) is 84.3 cm³/mol. The monoisotopic (exact) mass is 345 g/mol. The Kier molecular flexibility index (Phi) is 6.03. The van der Waals surface area contributed by atoms with Crippen LogP contribution in [0.3, 0.4) is 0 Å². The van der Waals surface area contributed by atoms with Gasteiger partial charge in [0.15, 0.2) is 0 Å². The Morgan fingerprint density at radius 3 is 2.61 bits per heavy atom. The van der Waals surface area contributed by atoms with Crippen LogP contribution in [-0.4, -0.2) is 56.3 Å². The third-order valence-corrected chi connectivity index (χ3v) is 5.23. The molecule has 1 fully saturated rings. The minimum absolute atomic E-state index is 0.0481. The first-order valence-electron chi connectivity index (χ1n) is 7.54. The maximum Gasteiger partial charge on any atom is 0.315 e. The van der Waals surface area contributed by atoms with Gasteiger partial charge in [0.25, 0.3) is 0 Å². The van der Waals surface area contributed by atoms with Gasteiger partial charge in [0.1, 0.15) is 5.76 Å². The third kappa shape index (κ3) is 5.52. The van der Waals surface area contributed by atoms with Crippen LogP contribution in [0, 0.1) is 0 Å². The quantitative estimate of drug-likeness (QED) is 0.783. The van der Waals surface area contributed by atoms with Crippen molar-refractivity contribution in [3.63, 3.8) is 0 Å². The Balaban J connectivity index is 1.72. The van der Waals surface area contributed by atoms with Gasteiger partial charge < -0.3 is 19.8 Å². The van der Waals surface area contributed by atoms with E-state index in [4.69, 9.17) is 9.15 Å². The fourth-order valence-electron chi connectivity index (χ4n) is 2.42. The van der Waals surface area contributed by atoms with Crippen LogP contribution < -0.4 is 10.6 Å². The molecular weight excluding hydrogens is 322 g/mol. The van der Waals surface area contributed by atoms with Gasteiger partial charge in [-0.3, -0.25) is 0 Å². The number of furan rings is 1. The highest BCUT2D eigenvalue weighted by Gasteiger charge is 2.30. The molecule has 0 unspecified atom stereocenters. The Morgan fingerprint density at radius 2 is 2.00 bits per heavy atom. The summed E-state index contributed by atoms with van der Waals surface area (Å²) in [6.07, 6.45) is 1.27. The minimum atomic E-state index is -3.41. The molecule has 2 heterocycles. The van der Waals surface area contributed by atoms with Gasteiger partial charge in [0.05, 0.1) is 30.8 Å². The summed E-state index contributed by atoms with van der Waals surface area (Å²) in [5.74, 6) is 0.490. The van der Waals surface area contributed by atoms with E-state index in [2.05, 4.69) is 10.6 Å². The summed E-state index contributed by atoms with van der Waals surface area (Å²) in [6, 6.07) is 3.04. The van der Waals surface area contributed by atoms with Gasteiger partial charge in [0, 0.05) is 19.6 Å². The molecule has 9 heteroatoms. The number of urea groups is 1. The number of amides is 2. The Morgan fingerprint density at radius 1 is 1.30 bits per heavy atom. The number of hydrogen-bond acceptors (Lipinski definition) is 5. The number of carbonyl (C=O) groups is 1. The second kappa shape index (κ2) is 7.80. The molecule has 1 aliphatic rings. The van der Waals surface area contributed by atoms with Crippen molar-refractivity contribution < 1.29 is 22.4 Å². The van der Waals surface area contributed by atoms with E-state index < -0.39 is 16.1 Å². The van der Waals surface area contributed by atoms with Crippen LogP contribution >= 0.6 is 0 Å². The van der Waals surface area contributed by atoms with Crippen LogP contribution in [-0.2, 0) is 21.3 Å². The second-order valence-electron chi connectivity index (χ2n) is 5.58. The van der Waals surface area contributed by atoms with Gasteiger partial charge in [-0.2, -0.15) is 4.31 Å². The van der Waals surface area contributed by atoms with E-state index in [0.29, 0.717) is 18.8 Å². The lowest BCUT2D eigenvalue weighted by Crippen LogP contribution is -2.50. The van der Waals surface area contributed by atoms with E-state index >= 15 is 0 Å². The van der Waals surface area contributed by atoms with Crippen LogP contribution in [0.15, 0.2) is 22.8 Å². The summed E-state index contributed by atoms with van der Waals surface area (Å²) < 4.78 is 36.6. The van der Waals surface area contributed by atoms with Crippen LogP contribution in [0.5, 0.6) is 0 Å². The lowest BCUT2D eigenvalue weighted by molar-refractivity contribution is -0.0440. The van der Waals surface area contributed by atoms with Gasteiger partial charge in [-0.1, -0.05) is 0 Å². The average molecular weight is 345 g/mol. The number of ether oxygens (including phenoxy) is 1. The van der Waals surface area contributed by atoms with Crippen LogP contribution in [0.4, 0.5) is 4.79 Å². The molecule has 1 aromatic heterocycles. The molecule has 2 rings (SSSR count). The average Bonchev–Trinajstić information content (AvgIpc) is 2.97. The molecule has 0 aromatic carbocycles. The van der Waals surface area contributed by atoms with Crippen LogP contribution in [0.25, 0.3) is 0 Å². The van der Waals surface area contributed by atoms with Crippen LogP contribution in [0.2, 0.25) is 0 Å². The summed E-state index contributed by atoms with van der Waals surface area (Å²) in [5.41, 5.74) is 0. The van der Waals surface area contributed by atoms with E-state index in [9.17, 15) is 13.2 Å². The zero-order valence-corrected chi connectivity index (χ0v) is 14.1. The molecule has 130 valence electrons. The van der Waals surface area contributed by atoms with Gasteiger partial charge in [0.2, 0.25) is 10.0 Å². The normalized spacial score (nSPS) is 22.7. The smallest absolute Gasteiger partial charge is 0.315 e. The molecule has 23 heavy (non-hydrogen) atoms. The SMILES string of the molecule is C[C@@H]1CN(S(=O)(=O)CCNC(=O)NCc2ccco2)C[C@@H](C)O1. The highest BCUT2D eigenvalue weighted by atomic mass is 32.2. The first-order valence-corrected chi connectivity index (χ1v) is 9.15. The first-order chi connectivity index (χ1) is 10.9. The molecule has 2 amide bonds. The predicted octanol–water partition coefficient (Wildman–Crippen LogP) is 0.518. The third-order valence-electron chi connectivity index (χ3n) is 3.43. The molecule has 1 saturated heterocycles. The van der Waals surface area contributed by atoms with E-state index in [1.807, 2.05) is 13.8 Å². The van der Waals surface area contributed by atoms with Gasteiger partial charge in [-0.05, 0) is 26.0 Å². The Labute approximate surface area is 136 Å². The van der Waals surface area contributed by atoms with E-state index in [1.165, 1.54) is 10.6 Å². The van der Waals surface area contributed by atoms with Gasteiger partial charge in [-0.15, -0.1) is 0 Å². The number of morpholine rings is 1. The fraction of sp³-hybridized carbons (Fsp3) is 0.643. The number of carbonyl (C=O) groups excluding carboxylic acids is 1. The fourth-order valence-corrected chi connectivity index (χ4v) is 3.92. The van der Waals surface area contributed by atoms with E-state index in [-0.39, 0.29) is 31.1 Å². The molecule has 2 N–H and O–H groups in total. The van der Waals surface area contributed by atoms with Crippen LogP contribution in [0.1, 0.15) is 19.6 Å². The van der Waals surface area contributed by atoms with Crippen molar-refractivity contribution in [1.29, 1.82) is 0 Å². The van der Waals surface area contributed by atoms with Gasteiger partial charge in [-0.25, -0.2) is 13.2 Å². The molecule has 1 aromatic rings. The van der Waals surface area contributed by atoms with E-state index in [1.54, 1.807) is 12.1 Å². The molecule has 0 bridgehead atoms. The molecule has 8 nitrogen and oxygen atoms in total. The molecule has 0 aliphatic carbocycles. The summed E-state index contributed by atoms with van der Waals surface area (Å²) in [6.45, 7) is 4.68. The molecule has 1 aliphatic heterocycles. The molecule has 2 atom stereocenters. The van der Waals surface area contributed by atoms with Crippen molar-refractivity contribution in [2.24, 2.45) is 0 Å². The van der Waals surface area contributed by atoms with Crippen molar-refractivity contribution in [2.75, 3.05) is 25.4 Å². The molecule has 0 saturated carbocycles. The summed E-state index contributed by atoms with van der Waals surface area (Å²) >= 11 is 0.